The number of hydrazone groups is 1. The molecule has 36 heavy (non-hydrogen) atoms. The highest BCUT2D eigenvalue weighted by Crippen LogP contribution is 2.29. The van der Waals surface area contributed by atoms with Gasteiger partial charge in [-0.1, -0.05) is 66.0 Å². The van der Waals surface area contributed by atoms with Crippen molar-refractivity contribution in [3.63, 3.8) is 0 Å². The summed E-state index contributed by atoms with van der Waals surface area (Å²) in [6.45, 7) is 1.59. The van der Waals surface area contributed by atoms with Gasteiger partial charge < -0.3 is 15.4 Å². The predicted molar refractivity (Wildman–Crippen MR) is 142 cm³/mol. The molecule has 0 atom stereocenters. The highest BCUT2D eigenvalue weighted by Gasteiger charge is 2.15. The molecular formula is C25H21Cl3N4O4. The standard InChI is InChI=1S/C25H21Cl3N4O4/c1-2-15-6-3-4-8-19(15)31-24(34)25(35)32-29-13-16-12-17(26)10-11-21(16)36-14-22(33)30-20-9-5-7-18(27)23(20)28/h3-13H,2,14H2,1H3,(H,30,33)(H,31,34)(H,32,35)/b29-13-. The topological polar surface area (TPSA) is 109 Å². The predicted octanol–water partition coefficient (Wildman–Crippen LogP) is 5.32. The van der Waals surface area contributed by atoms with Crippen molar-refractivity contribution >= 4 is 70.1 Å². The van der Waals surface area contributed by atoms with Gasteiger partial charge in [0.15, 0.2) is 6.61 Å². The summed E-state index contributed by atoms with van der Waals surface area (Å²) in [5.74, 6) is -2.04. The fraction of sp³-hybridized carbons (Fsp3) is 0.120. The van der Waals surface area contributed by atoms with Gasteiger partial charge in [0, 0.05) is 16.3 Å². The fourth-order valence-electron chi connectivity index (χ4n) is 3.02. The lowest BCUT2D eigenvalue weighted by atomic mass is 10.1. The minimum Gasteiger partial charge on any atom is -0.483 e. The largest absolute Gasteiger partial charge is 0.483 e. The van der Waals surface area contributed by atoms with Crippen molar-refractivity contribution in [3.8, 4) is 5.75 Å². The van der Waals surface area contributed by atoms with Crippen LogP contribution >= 0.6 is 34.8 Å². The van der Waals surface area contributed by atoms with Crippen LogP contribution in [0.25, 0.3) is 0 Å². The minimum absolute atomic E-state index is 0.213. The quantitative estimate of drug-likeness (QED) is 0.202. The van der Waals surface area contributed by atoms with E-state index in [1.165, 1.54) is 12.3 Å². The molecule has 0 aliphatic heterocycles. The number of hydrogen-bond donors (Lipinski definition) is 3. The average molecular weight is 548 g/mol. The number of nitrogens with one attached hydrogen (secondary N) is 3. The molecule has 0 saturated heterocycles. The van der Waals surface area contributed by atoms with Crippen LogP contribution in [0.5, 0.6) is 5.75 Å². The maximum absolute atomic E-state index is 12.3. The second-order valence-corrected chi connectivity index (χ2v) is 8.51. The Kier molecular flexibility index (Phi) is 9.69. The molecule has 0 aromatic heterocycles. The van der Waals surface area contributed by atoms with Crippen molar-refractivity contribution in [1.82, 2.24) is 5.43 Å². The van der Waals surface area contributed by atoms with Gasteiger partial charge in [-0.15, -0.1) is 0 Å². The summed E-state index contributed by atoms with van der Waals surface area (Å²) in [6, 6.07) is 16.7. The van der Waals surface area contributed by atoms with E-state index in [4.69, 9.17) is 39.5 Å². The Bertz CT molecular complexity index is 1310. The van der Waals surface area contributed by atoms with Gasteiger partial charge in [0.25, 0.3) is 5.91 Å². The van der Waals surface area contributed by atoms with E-state index in [1.54, 1.807) is 42.5 Å². The summed E-state index contributed by atoms with van der Waals surface area (Å²) in [5, 5.41) is 9.86. The van der Waals surface area contributed by atoms with Gasteiger partial charge in [0.1, 0.15) is 5.75 Å². The molecule has 3 rings (SSSR count). The summed E-state index contributed by atoms with van der Waals surface area (Å²) in [7, 11) is 0. The molecule has 0 bridgehead atoms. The van der Waals surface area contributed by atoms with E-state index in [2.05, 4.69) is 21.2 Å². The molecule has 0 unspecified atom stereocenters. The van der Waals surface area contributed by atoms with Crippen LogP contribution in [0.15, 0.2) is 65.8 Å². The van der Waals surface area contributed by atoms with Gasteiger partial charge in [-0.2, -0.15) is 5.10 Å². The molecule has 0 spiro atoms. The van der Waals surface area contributed by atoms with Crippen molar-refractivity contribution in [3.05, 3.63) is 86.9 Å². The first-order valence-electron chi connectivity index (χ1n) is 10.7. The van der Waals surface area contributed by atoms with Gasteiger partial charge in [-0.3, -0.25) is 14.4 Å². The minimum atomic E-state index is -0.959. The zero-order chi connectivity index (χ0) is 26.1. The molecule has 8 nitrogen and oxygen atoms in total. The molecule has 3 amide bonds. The molecule has 3 aromatic carbocycles. The normalized spacial score (nSPS) is 10.7. The van der Waals surface area contributed by atoms with E-state index >= 15 is 0 Å². The average Bonchev–Trinajstić information content (AvgIpc) is 2.86. The van der Waals surface area contributed by atoms with Crippen molar-refractivity contribution in [1.29, 1.82) is 0 Å². The second kappa shape index (κ2) is 12.9. The molecule has 186 valence electrons. The third-order valence-corrected chi connectivity index (χ3v) is 5.83. The summed E-state index contributed by atoms with van der Waals surface area (Å²) in [4.78, 5) is 36.7. The Morgan fingerprint density at radius 3 is 2.44 bits per heavy atom. The highest BCUT2D eigenvalue weighted by molar-refractivity contribution is 6.44. The van der Waals surface area contributed by atoms with Crippen LogP contribution in [0.1, 0.15) is 18.1 Å². The second-order valence-electron chi connectivity index (χ2n) is 7.28. The monoisotopic (exact) mass is 546 g/mol. The number of anilines is 2. The number of carbonyl (C=O) groups is 3. The lowest BCUT2D eigenvalue weighted by Gasteiger charge is -2.11. The fourth-order valence-corrected chi connectivity index (χ4v) is 3.55. The number of aryl methyl sites for hydroxylation is 1. The first-order valence-corrected chi connectivity index (χ1v) is 11.8. The van der Waals surface area contributed by atoms with Crippen LogP contribution in [-0.2, 0) is 20.8 Å². The maximum atomic E-state index is 12.3. The third kappa shape index (κ3) is 7.45. The number of ether oxygens (including phenoxy) is 1. The Labute approximate surface area is 222 Å². The number of halogens is 3. The van der Waals surface area contributed by atoms with Crippen molar-refractivity contribution in [2.75, 3.05) is 17.2 Å². The van der Waals surface area contributed by atoms with Crippen LogP contribution in [0, 0.1) is 0 Å². The number of benzene rings is 3. The molecule has 11 heteroatoms. The summed E-state index contributed by atoms with van der Waals surface area (Å²) >= 11 is 18.1. The molecule has 0 aliphatic rings. The first kappa shape index (κ1) is 27.0. The van der Waals surface area contributed by atoms with E-state index in [9.17, 15) is 14.4 Å². The molecule has 0 heterocycles. The van der Waals surface area contributed by atoms with Gasteiger partial charge >= 0.3 is 11.8 Å². The van der Waals surface area contributed by atoms with E-state index in [1.807, 2.05) is 19.1 Å². The number of amides is 3. The highest BCUT2D eigenvalue weighted by atomic mass is 35.5. The number of carbonyl (C=O) groups excluding carboxylic acids is 3. The maximum Gasteiger partial charge on any atom is 0.329 e. The van der Waals surface area contributed by atoms with Gasteiger partial charge in [0.05, 0.1) is 21.9 Å². The van der Waals surface area contributed by atoms with Crippen molar-refractivity contribution in [2.45, 2.75) is 13.3 Å². The van der Waals surface area contributed by atoms with Crippen LogP contribution in [0.2, 0.25) is 15.1 Å². The number of para-hydroxylation sites is 1. The van der Waals surface area contributed by atoms with Crippen LogP contribution in [0.4, 0.5) is 11.4 Å². The molecule has 0 aliphatic carbocycles. The summed E-state index contributed by atoms with van der Waals surface area (Å²) < 4.78 is 5.58. The number of nitrogens with zero attached hydrogens (tertiary/aromatic N) is 1. The van der Waals surface area contributed by atoms with Gasteiger partial charge in [-0.25, -0.2) is 5.43 Å². The Balaban J connectivity index is 1.60. The van der Waals surface area contributed by atoms with Crippen LogP contribution in [-0.4, -0.2) is 30.5 Å². The lowest BCUT2D eigenvalue weighted by Crippen LogP contribution is -2.32. The van der Waals surface area contributed by atoms with Crippen molar-refractivity contribution < 1.29 is 19.1 Å². The lowest BCUT2D eigenvalue weighted by molar-refractivity contribution is -0.136. The smallest absolute Gasteiger partial charge is 0.329 e. The molecule has 0 fully saturated rings. The van der Waals surface area contributed by atoms with Gasteiger partial charge in [0.2, 0.25) is 0 Å². The SMILES string of the molecule is CCc1ccccc1NC(=O)C(=O)N/N=C\c1cc(Cl)ccc1OCC(=O)Nc1cccc(Cl)c1Cl. The Morgan fingerprint density at radius 1 is 0.917 bits per heavy atom. The Morgan fingerprint density at radius 2 is 1.67 bits per heavy atom. The van der Waals surface area contributed by atoms with E-state index in [0.29, 0.717) is 33.4 Å². The van der Waals surface area contributed by atoms with E-state index in [-0.39, 0.29) is 17.4 Å². The molecule has 3 N–H and O–H groups in total. The third-order valence-electron chi connectivity index (χ3n) is 4.78. The van der Waals surface area contributed by atoms with E-state index < -0.39 is 17.7 Å². The zero-order valence-electron chi connectivity index (χ0n) is 19.0. The van der Waals surface area contributed by atoms with Crippen molar-refractivity contribution in [2.24, 2.45) is 5.10 Å². The van der Waals surface area contributed by atoms with E-state index in [0.717, 1.165) is 5.56 Å². The van der Waals surface area contributed by atoms with Crippen LogP contribution in [0.3, 0.4) is 0 Å². The molecule has 0 saturated carbocycles. The number of hydrogen-bond acceptors (Lipinski definition) is 5. The molecule has 3 aromatic rings. The molecular weight excluding hydrogens is 527 g/mol. The summed E-state index contributed by atoms with van der Waals surface area (Å²) in [5.41, 5.74) is 4.31. The summed E-state index contributed by atoms with van der Waals surface area (Å²) in [6.07, 6.45) is 1.94. The molecule has 0 radical (unpaired) electrons. The number of rotatable bonds is 8. The Hall–Kier alpha value is -3.59. The van der Waals surface area contributed by atoms with Crippen LogP contribution < -0.4 is 20.8 Å². The zero-order valence-corrected chi connectivity index (χ0v) is 21.2. The van der Waals surface area contributed by atoms with Gasteiger partial charge in [-0.05, 0) is 48.4 Å². The first-order chi connectivity index (χ1) is 17.3.